The first-order valence-electron chi connectivity index (χ1n) is 6.14. The summed E-state index contributed by atoms with van der Waals surface area (Å²) in [6.07, 6.45) is 1.58. The van der Waals surface area contributed by atoms with Gasteiger partial charge in [-0.05, 0) is 25.0 Å². The molecule has 0 saturated carbocycles. The maximum absolute atomic E-state index is 13.8. The van der Waals surface area contributed by atoms with E-state index in [1.54, 1.807) is 17.0 Å². The van der Waals surface area contributed by atoms with E-state index in [1.807, 2.05) is 0 Å². The van der Waals surface area contributed by atoms with Crippen LogP contribution in [0.3, 0.4) is 0 Å². The van der Waals surface area contributed by atoms with Crippen molar-refractivity contribution in [1.29, 1.82) is 0 Å². The Morgan fingerprint density at radius 1 is 1.37 bits per heavy atom. The number of hydrogen-bond acceptors (Lipinski definition) is 2. The number of carbonyl (C=O) groups is 2. The summed E-state index contributed by atoms with van der Waals surface area (Å²) < 4.78 is 14.4. The van der Waals surface area contributed by atoms with Crippen LogP contribution in [-0.2, 0) is 11.3 Å². The van der Waals surface area contributed by atoms with Crippen molar-refractivity contribution < 1.29 is 14.0 Å². The van der Waals surface area contributed by atoms with E-state index in [4.69, 9.17) is 0 Å². The first kappa shape index (κ1) is 12.6. The molecule has 4 nitrogen and oxygen atoms in total. The standard InChI is InChI=1S/C13H12BrFN2O2/c14-9-4-3-8(10(15)6-9)7-17-12(18)11-2-1-5-16(11)13(17)19/h3-4,6,11H,1-2,5,7H2. The van der Waals surface area contributed by atoms with Crippen molar-refractivity contribution in [1.82, 2.24) is 9.80 Å². The molecular formula is C13H12BrFN2O2. The molecule has 2 heterocycles. The number of rotatable bonds is 2. The van der Waals surface area contributed by atoms with Gasteiger partial charge in [0.1, 0.15) is 11.9 Å². The molecule has 100 valence electrons. The van der Waals surface area contributed by atoms with Crippen molar-refractivity contribution in [2.75, 3.05) is 6.54 Å². The number of carbonyl (C=O) groups excluding carboxylic acids is 2. The van der Waals surface area contributed by atoms with Crippen LogP contribution in [0, 0.1) is 5.82 Å². The maximum Gasteiger partial charge on any atom is 0.327 e. The number of hydrogen-bond donors (Lipinski definition) is 0. The van der Waals surface area contributed by atoms with Gasteiger partial charge in [0.15, 0.2) is 0 Å². The quantitative estimate of drug-likeness (QED) is 0.783. The van der Waals surface area contributed by atoms with Gasteiger partial charge in [-0.3, -0.25) is 9.69 Å². The number of halogens is 2. The van der Waals surface area contributed by atoms with Gasteiger partial charge in [-0.25, -0.2) is 9.18 Å². The van der Waals surface area contributed by atoms with Crippen molar-refractivity contribution in [2.24, 2.45) is 0 Å². The zero-order valence-corrected chi connectivity index (χ0v) is 11.7. The largest absolute Gasteiger partial charge is 0.327 e. The van der Waals surface area contributed by atoms with E-state index in [9.17, 15) is 14.0 Å². The summed E-state index contributed by atoms with van der Waals surface area (Å²) in [5.74, 6) is -0.619. The Morgan fingerprint density at radius 3 is 2.84 bits per heavy atom. The van der Waals surface area contributed by atoms with Crippen molar-refractivity contribution in [3.63, 3.8) is 0 Å². The molecule has 6 heteroatoms. The zero-order chi connectivity index (χ0) is 13.6. The number of fused-ring (bicyclic) bond motifs is 1. The Balaban J connectivity index is 1.84. The topological polar surface area (TPSA) is 40.6 Å². The van der Waals surface area contributed by atoms with E-state index in [-0.39, 0.29) is 24.5 Å². The Labute approximate surface area is 118 Å². The lowest BCUT2D eigenvalue weighted by Gasteiger charge is -2.16. The number of benzene rings is 1. The summed E-state index contributed by atoms with van der Waals surface area (Å²) in [6.45, 7) is 0.623. The average Bonchev–Trinajstić information content (AvgIpc) is 2.92. The lowest BCUT2D eigenvalue weighted by atomic mass is 10.2. The van der Waals surface area contributed by atoms with Gasteiger partial charge in [-0.2, -0.15) is 0 Å². The molecule has 3 rings (SSSR count). The fourth-order valence-corrected chi connectivity index (χ4v) is 2.98. The Bertz CT molecular complexity index is 542. The number of imide groups is 1. The molecule has 0 spiro atoms. The van der Waals surface area contributed by atoms with Gasteiger partial charge >= 0.3 is 6.03 Å². The van der Waals surface area contributed by atoms with E-state index in [0.717, 1.165) is 11.3 Å². The van der Waals surface area contributed by atoms with Gasteiger partial charge in [0.2, 0.25) is 0 Å². The molecule has 2 saturated heterocycles. The molecule has 1 atom stereocenters. The van der Waals surface area contributed by atoms with E-state index in [0.29, 0.717) is 23.0 Å². The summed E-state index contributed by atoms with van der Waals surface area (Å²) >= 11 is 3.18. The normalized spacial score (nSPS) is 22.3. The highest BCUT2D eigenvalue weighted by Gasteiger charge is 2.47. The highest BCUT2D eigenvalue weighted by atomic mass is 79.9. The first-order chi connectivity index (χ1) is 9.08. The lowest BCUT2D eigenvalue weighted by Crippen LogP contribution is -2.32. The highest BCUT2D eigenvalue weighted by Crippen LogP contribution is 2.29. The minimum absolute atomic E-state index is 0.00375. The van der Waals surface area contributed by atoms with Gasteiger partial charge in [-0.15, -0.1) is 0 Å². The zero-order valence-electron chi connectivity index (χ0n) is 10.1. The lowest BCUT2D eigenvalue weighted by molar-refractivity contribution is -0.128. The van der Waals surface area contributed by atoms with Crippen LogP contribution in [-0.4, -0.2) is 34.3 Å². The van der Waals surface area contributed by atoms with Gasteiger partial charge in [0.25, 0.3) is 5.91 Å². The number of nitrogens with zero attached hydrogens (tertiary/aromatic N) is 2. The van der Waals surface area contributed by atoms with Crippen molar-refractivity contribution in [3.8, 4) is 0 Å². The van der Waals surface area contributed by atoms with Gasteiger partial charge < -0.3 is 4.90 Å². The predicted octanol–water partition coefficient (Wildman–Crippen LogP) is 2.51. The second kappa shape index (κ2) is 4.59. The summed E-state index contributed by atoms with van der Waals surface area (Å²) in [5.41, 5.74) is 0.353. The van der Waals surface area contributed by atoms with Crippen molar-refractivity contribution in [3.05, 3.63) is 34.1 Å². The third-order valence-corrected chi connectivity index (χ3v) is 4.12. The van der Waals surface area contributed by atoms with Crippen LogP contribution in [0.1, 0.15) is 18.4 Å². The smallest absolute Gasteiger partial charge is 0.312 e. The van der Waals surface area contributed by atoms with Crippen LogP contribution in [0.15, 0.2) is 22.7 Å². The molecule has 2 fully saturated rings. The van der Waals surface area contributed by atoms with Crippen LogP contribution in [0.5, 0.6) is 0 Å². The molecule has 0 aromatic heterocycles. The Morgan fingerprint density at radius 2 is 2.16 bits per heavy atom. The van der Waals surface area contributed by atoms with E-state index in [2.05, 4.69) is 15.9 Å². The third-order valence-electron chi connectivity index (χ3n) is 3.62. The van der Waals surface area contributed by atoms with Gasteiger partial charge in [0, 0.05) is 16.6 Å². The second-order valence-electron chi connectivity index (χ2n) is 4.79. The molecule has 19 heavy (non-hydrogen) atoms. The maximum atomic E-state index is 13.8. The molecule has 1 aromatic rings. The molecular weight excluding hydrogens is 315 g/mol. The number of amides is 3. The summed E-state index contributed by atoms with van der Waals surface area (Å²) in [5, 5.41) is 0. The Kier molecular flexibility index (Phi) is 3.05. The van der Waals surface area contributed by atoms with Gasteiger partial charge in [0.05, 0.1) is 6.54 Å². The predicted molar refractivity (Wildman–Crippen MR) is 69.8 cm³/mol. The first-order valence-corrected chi connectivity index (χ1v) is 6.93. The van der Waals surface area contributed by atoms with Crippen molar-refractivity contribution >= 4 is 27.9 Å². The number of urea groups is 1. The molecule has 1 aromatic carbocycles. The second-order valence-corrected chi connectivity index (χ2v) is 5.71. The summed E-state index contributed by atoms with van der Waals surface area (Å²) in [4.78, 5) is 26.9. The average molecular weight is 327 g/mol. The van der Waals surface area contributed by atoms with Crippen molar-refractivity contribution in [2.45, 2.75) is 25.4 Å². The molecule has 2 aliphatic heterocycles. The highest BCUT2D eigenvalue weighted by molar-refractivity contribution is 9.10. The van der Waals surface area contributed by atoms with E-state index >= 15 is 0 Å². The molecule has 0 aliphatic carbocycles. The third kappa shape index (κ3) is 2.04. The van der Waals surface area contributed by atoms with Crippen LogP contribution >= 0.6 is 15.9 Å². The SMILES string of the molecule is O=C1C2CCCN2C(=O)N1Cc1ccc(Br)cc1F. The minimum Gasteiger partial charge on any atom is -0.312 e. The van der Waals surface area contributed by atoms with Crippen LogP contribution in [0.2, 0.25) is 0 Å². The molecule has 3 amide bonds. The summed E-state index contributed by atoms with van der Waals surface area (Å²) in [7, 11) is 0. The van der Waals surface area contributed by atoms with Crippen LogP contribution < -0.4 is 0 Å². The fraction of sp³-hybridized carbons (Fsp3) is 0.385. The van der Waals surface area contributed by atoms with Crippen LogP contribution in [0.4, 0.5) is 9.18 Å². The fourth-order valence-electron chi connectivity index (χ4n) is 2.65. The molecule has 1 unspecified atom stereocenters. The molecule has 0 N–H and O–H groups in total. The van der Waals surface area contributed by atoms with E-state index < -0.39 is 5.82 Å². The molecule has 0 radical (unpaired) electrons. The Hall–Kier alpha value is -1.43. The minimum atomic E-state index is -0.415. The van der Waals surface area contributed by atoms with Crippen LogP contribution in [0.25, 0.3) is 0 Å². The monoisotopic (exact) mass is 326 g/mol. The molecule has 0 bridgehead atoms. The van der Waals surface area contributed by atoms with E-state index in [1.165, 1.54) is 6.07 Å². The van der Waals surface area contributed by atoms with Gasteiger partial charge in [-0.1, -0.05) is 22.0 Å². The summed E-state index contributed by atoms with van der Waals surface area (Å²) in [6, 6.07) is 4.00. The molecule has 2 aliphatic rings.